The maximum absolute atomic E-state index is 11.7. The first-order chi connectivity index (χ1) is 9.83. The molecule has 0 atom stereocenters. The molecule has 0 unspecified atom stereocenters. The molecule has 4 heteroatoms. The molecular weight excluding hydrogens is 254 g/mol. The molecule has 0 saturated carbocycles. The van der Waals surface area contributed by atoms with E-state index in [0.29, 0.717) is 12.3 Å². The summed E-state index contributed by atoms with van der Waals surface area (Å²) < 4.78 is 10.6. The van der Waals surface area contributed by atoms with E-state index >= 15 is 0 Å². The molecule has 0 saturated heterocycles. The smallest absolute Gasteiger partial charge is 0.286 e. The highest BCUT2D eigenvalue weighted by molar-refractivity contribution is 5.91. The van der Waals surface area contributed by atoms with Gasteiger partial charge in [0.15, 0.2) is 5.76 Å². The zero-order chi connectivity index (χ0) is 13.8. The van der Waals surface area contributed by atoms with E-state index in [2.05, 4.69) is 17.4 Å². The van der Waals surface area contributed by atoms with Crippen LogP contribution in [-0.2, 0) is 12.8 Å². The number of furan rings is 1. The third kappa shape index (κ3) is 2.85. The van der Waals surface area contributed by atoms with Crippen LogP contribution in [0.5, 0.6) is 5.75 Å². The highest BCUT2D eigenvalue weighted by Gasteiger charge is 2.11. The topological polar surface area (TPSA) is 51.5 Å². The molecule has 1 aromatic carbocycles. The molecule has 1 aromatic heterocycles. The van der Waals surface area contributed by atoms with Gasteiger partial charge in [-0.05, 0) is 48.6 Å². The van der Waals surface area contributed by atoms with Crippen LogP contribution < -0.4 is 10.1 Å². The Balaban J connectivity index is 1.55. The predicted octanol–water partition coefficient (Wildman–Crippen LogP) is 2.58. The van der Waals surface area contributed by atoms with Gasteiger partial charge in [0, 0.05) is 6.54 Å². The van der Waals surface area contributed by atoms with Gasteiger partial charge in [-0.2, -0.15) is 0 Å². The largest absolute Gasteiger partial charge is 0.493 e. The van der Waals surface area contributed by atoms with E-state index in [0.717, 1.165) is 31.6 Å². The van der Waals surface area contributed by atoms with Gasteiger partial charge >= 0.3 is 0 Å². The summed E-state index contributed by atoms with van der Waals surface area (Å²) >= 11 is 0. The van der Waals surface area contributed by atoms with Crippen molar-refractivity contribution in [2.75, 3.05) is 13.2 Å². The van der Waals surface area contributed by atoms with Crippen LogP contribution in [-0.4, -0.2) is 19.1 Å². The predicted molar refractivity (Wildman–Crippen MR) is 75.0 cm³/mol. The standard InChI is InChI=1S/C16H17NO3/c18-16(15-4-2-10-20-15)17-8-7-12-5-6-14-13(11-12)3-1-9-19-14/h2,4-6,10-11H,1,3,7-9H2,(H,17,18). The van der Waals surface area contributed by atoms with E-state index in [1.165, 1.54) is 17.4 Å². The van der Waals surface area contributed by atoms with Crippen molar-refractivity contribution in [3.05, 3.63) is 53.5 Å². The number of nitrogens with one attached hydrogen (secondary N) is 1. The zero-order valence-electron chi connectivity index (χ0n) is 11.2. The van der Waals surface area contributed by atoms with Gasteiger partial charge in [-0.3, -0.25) is 4.79 Å². The third-order valence-electron chi connectivity index (χ3n) is 3.42. The first kappa shape index (κ1) is 12.8. The summed E-state index contributed by atoms with van der Waals surface area (Å²) in [6.07, 6.45) is 4.45. The minimum Gasteiger partial charge on any atom is -0.493 e. The summed E-state index contributed by atoms with van der Waals surface area (Å²) in [7, 11) is 0. The number of fused-ring (bicyclic) bond motifs is 1. The Hall–Kier alpha value is -2.23. The molecule has 0 bridgehead atoms. The normalized spacial score (nSPS) is 13.4. The van der Waals surface area contributed by atoms with E-state index in [-0.39, 0.29) is 5.91 Å². The number of hydrogen-bond donors (Lipinski definition) is 1. The molecule has 104 valence electrons. The Morgan fingerprint density at radius 3 is 3.10 bits per heavy atom. The average Bonchev–Trinajstić information content (AvgIpc) is 3.01. The second-order valence-electron chi connectivity index (χ2n) is 4.88. The van der Waals surface area contributed by atoms with Crippen molar-refractivity contribution in [1.82, 2.24) is 5.32 Å². The summed E-state index contributed by atoms with van der Waals surface area (Å²) in [4.78, 5) is 11.7. The van der Waals surface area contributed by atoms with Crippen molar-refractivity contribution in [3.8, 4) is 5.75 Å². The molecule has 3 rings (SSSR count). The minimum absolute atomic E-state index is 0.170. The molecule has 0 fully saturated rings. The van der Waals surface area contributed by atoms with Crippen LogP contribution in [0.25, 0.3) is 0 Å². The van der Waals surface area contributed by atoms with Crippen LogP contribution in [0.3, 0.4) is 0 Å². The SMILES string of the molecule is O=C(NCCc1ccc2c(c1)CCCO2)c1ccco1. The van der Waals surface area contributed by atoms with Crippen LogP contribution >= 0.6 is 0 Å². The molecule has 0 radical (unpaired) electrons. The van der Waals surface area contributed by atoms with Gasteiger partial charge in [-0.15, -0.1) is 0 Å². The quantitative estimate of drug-likeness (QED) is 0.929. The molecular formula is C16H17NO3. The molecule has 1 N–H and O–H groups in total. The fraction of sp³-hybridized carbons (Fsp3) is 0.312. The lowest BCUT2D eigenvalue weighted by Crippen LogP contribution is -2.25. The first-order valence-corrected chi connectivity index (χ1v) is 6.89. The third-order valence-corrected chi connectivity index (χ3v) is 3.42. The zero-order valence-corrected chi connectivity index (χ0v) is 11.2. The number of rotatable bonds is 4. The molecule has 1 aliphatic heterocycles. The molecule has 1 aliphatic rings. The molecule has 4 nitrogen and oxygen atoms in total. The van der Waals surface area contributed by atoms with Crippen LogP contribution in [0.2, 0.25) is 0 Å². The van der Waals surface area contributed by atoms with Crippen molar-refractivity contribution in [1.29, 1.82) is 0 Å². The highest BCUT2D eigenvalue weighted by Crippen LogP contribution is 2.25. The lowest BCUT2D eigenvalue weighted by molar-refractivity contribution is 0.0926. The van der Waals surface area contributed by atoms with Crippen LogP contribution in [0.4, 0.5) is 0 Å². The van der Waals surface area contributed by atoms with Crippen LogP contribution in [0.15, 0.2) is 41.0 Å². The summed E-state index contributed by atoms with van der Waals surface area (Å²) in [6.45, 7) is 1.41. The number of ether oxygens (including phenoxy) is 1. The number of amides is 1. The summed E-state index contributed by atoms with van der Waals surface area (Å²) in [5.41, 5.74) is 2.49. The number of carbonyl (C=O) groups is 1. The van der Waals surface area contributed by atoms with E-state index < -0.39 is 0 Å². The first-order valence-electron chi connectivity index (χ1n) is 6.89. The van der Waals surface area contributed by atoms with Gasteiger partial charge in [-0.25, -0.2) is 0 Å². The number of aryl methyl sites for hydroxylation is 1. The fourth-order valence-corrected chi connectivity index (χ4v) is 2.38. The van der Waals surface area contributed by atoms with Crippen molar-refractivity contribution >= 4 is 5.91 Å². The van der Waals surface area contributed by atoms with Crippen molar-refractivity contribution in [2.24, 2.45) is 0 Å². The Bertz CT molecular complexity index is 590. The van der Waals surface area contributed by atoms with Gasteiger partial charge < -0.3 is 14.5 Å². The lowest BCUT2D eigenvalue weighted by Gasteiger charge is -2.17. The highest BCUT2D eigenvalue weighted by atomic mass is 16.5. The fourth-order valence-electron chi connectivity index (χ4n) is 2.38. The van der Waals surface area contributed by atoms with Crippen molar-refractivity contribution in [3.63, 3.8) is 0 Å². The molecule has 0 aliphatic carbocycles. The average molecular weight is 271 g/mol. The number of carbonyl (C=O) groups excluding carboxylic acids is 1. The molecule has 1 amide bonds. The number of benzene rings is 1. The summed E-state index contributed by atoms with van der Waals surface area (Å²) in [5.74, 6) is 1.18. The lowest BCUT2D eigenvalue weighted by atomic mass is 10.0. The minimum atomic E-state index is -0.170. The second-order valence-corrected chi connectivity index (χ2v) is 4.88. The summed E-state index contributed by atoms with van der Waals surface area (Å²) in [5, 5.41) is 2.85. The molecule has 0 spiro atoms. The Morgan fingerprint density at radius 2 is 2.25 bits per heavy atom. The van der Waals surface area contributed by atoms with Gasteiger partial charge in [0.25, 0.3) is 5.91 Å². The monoisotopic (exact) mass is 271 g/mol. The maximum atomic E-state index is 11.7. The van der Waals surface area contributed by atoms with E-state index in [1.54, 1.807) is 12.1 Å². The van der Waals surface area contributed by atoms with Gasteiger partial charge in [-0.1, -0.05) is 12.1 Å². The molecule has 20 heavy (non-hydrogen) atoms. The molecule has 2 aromatic rings. The van der Waals surface area contributed by atoms with Crippen LogP contribution in [0, 0.1) is 0 Å². The second kappa shape index (κ2) is 5.82. The van der Waals surface area contributed by atoms with Crippen LogP contribution in [0.1, 0.15) is 28.1 Å². The van der Waals surface area contributed by atoms with Crippen molar-refractivity contribution in [2.45, 2.75) is 19.3 Å². The Morgan fingerprint density at radius 1 is 1.30 bits per heavy atom. The van der Waals surface area contributed by atoms with Gasteiger partial charge in [0.05, 0.1) is 12.9 Å². The van der Waals surface area contributed by atoms with E-state index in [4.69, 9.17) is 9.15 Å². The van der Waals surface area contributed by atoms with Gasteiger partial charge in [0.1, 0.15) is 5.75 Å². The maximum Gasteiger partial charge on any atom is 0.286 e. The van der Waals surface area contributed by atoms with Crippen molar-refractivity contribution < 1.29 is 13.9 Å². The summed E-state index contributed by atoms with van der Waals surface area (Å²) in [6, 6.07) is 9.62. The molecule has 2 heterocycles. The van der Waals surface area contributed by atoms with E-state index in [9.17, 15) is 4.79 Å². The Kier molecular flexibility index (Phi) is 3.72. The number of hydrogen-bond acceptors (Lipinski definition) is 3. The Labute approximate surface area is 117 Å². The van der Waals surface area contributed by atoms with E-state index in [1.807, 2.05) is 6.07 Å². The van der Waals surface area contributed by atoms with Gasteiger partial charge in [0.2, 0.25) is 0 Å².